The number of rotatable bonds is 4. The van der Waals surface area contributed by atoms with Crippen molar-refractivity contribution in [1.29, 1.82) is 0 Å². The summed E-state index contributed by atoms with van der Waals surface area (Å²) in [6, 6.07) is 3.63. The fourth-order valence-electron chi connectivity index (χ4n) is 3.60. The zero-order valence-electron chi connectivity index (χ0n) is 14.9. The number of nitrogen functional groups attached to an aromatic ring is 1. The Morgan fingerprint density at radius 3 is 2.74 bits per heavy atom. The Hall–Kier alpha value is -2.14. The third-order valence-electron chi connectivity index (χ3n) is 5.00. The summed E-state index contributed by atoms with van der Waals surface area (Å²) >= 11 is 0. The van der Waals surface area contributed by atoms with Gasteiger partial charge in [-0.25, -0.2) is 15.0 Å². The first-order valence-electron chi connectivity index (χ1n) is 8.90. The summed E-state index contributed by atoms with van der Waals surface area (Å²) in [4.78, 5) is 12.6. The normalized spacial score (nSPS) is 22.1. The van der Waals surface area contributed by atoms with Gasteiger partial charge >= 0.3 is 0 Å². The van der Waals surface area contributed by atoms with Crippen molar-refractivity contribution in [2.24, 2.45) is 0 Å². The largest absolute Gasteiger partial charge is 0.384 e. The van der Waals surface area contributed by atoms with Crippen LogP contribution in [0.3, 0.4) is 0 Å². The zero-order valence-corrected chi connectivity index (χ0v) is 15.7. The molecule has 2 fully saturated rings. The molecule has 0 aliphatic carbocycles. The fraction of sp³-hybridized carbons (Fsp3) is 0.471. The first-order chi connectivity index (χ1) is 13.1. The summed E-state index contributed by atoms with van der Waals surface area (Å²) < 4.78 is 34.1. The van der Waals surface area contributed by atoms with Crippen LogP contribution in [0.1, 0.15) is 18.0 Å². The van der Waals surface area contributed by atoms with Gasteiger partial charge in [-0.1, -0.05) is 0 Å². The van der Waals surface area contributed by atoms with Crippen molar-refractivity contribution >= 4 is 16.0 Å². The van der Waals surface area contributed by atoms with Gasteiger partial charge in [0.15, 0.2) is 0 Å². The lowest BCUT2D eigenvalue weighted by atomic mass is 9.96. The van der Waals surface area contributed by atoms with E-state index in [-0.39, 0.29) is 5.92 Å². The second-order valence-electron chi connectivity index (χ2n) is 6.65. The third-order valence-corrected chi connectivity index (χ3v) is 7.00. The number of morpholine rings is 1. The van der Waals surface area contributed by atoms with Crippen molar-refractivity contribution in [2.45, 2.75) is 12.3 Å². The molecule has 144 valence electrons. The van der Waals surface area contributed by atoms with Gasteiger partial charge in [0.1, 0.15) is 12.1 Å². The second kappa shape index (κ2) is 7.47. The lowest BCUT2D eigenvalue weighted by Gasteiger charge is -2.30. The van der Waals surface area contributed by atoms with E-state index in [1.54, 1.807) is 22.8 Å². The maximum atomic E-state index is 12.9. The van der Waals surface area contributed by atoms with Crippen LogP contribution in [0.15, 0.2) is 30.9 Å². The van der Waals surface area contributed by atoms with E-state index in [2.05, 4.69) is 15.0 Å². The van der Waals surface area contributed by atoms with E-state index in [1.807, 2.05) is 6.07 Å². The molecule has 2 aliphatic heterocycles. The van der Waals surface area contributed by atoms with E-state index in [0.717, 1.165) is 16.8 Å². The number of nitrogens with zero attached hydrogens (tertiary/aromatic N) is 5. The highest BCUT2D eigenvalue weighted by Crippen LogP contribution is 2.34. The maximum absolute atomic E-state index is 12.9. The Morgan fingerprint density at radius 2 is 1.96 bits per heavy atom. The smallest absolute Gasteiger partial charge is 0.282 e. The minimum Gasteiger partial charge on any atom is -0.384 e. The number of anilines is 1. The zero-order chi connectivity index (χ0) is 18.9. The first-order valence-corrected chi connectivity index (χ1v) is 10.3. The number of hydrogen-bond acceptors (Lipinski definition) is 7. The van der Waals surface area contributed by atoms with Crippen molar-refractivity contribution in [1.82, 2.24) is 23.6 Å². The molecule has 27 heavy (non-hydrogen) atoms. The second-order valence-corrected chi connectivity index (χ2v) is 8.58. The number of aromatic nitrogens is 3. The number of hydrogen-bond donors (Lipinski definition) is 1. The van der Waals surface area contributed by atoms with Crippen LogP contribution >= 0.6 is 0 Å². The molecule has 2 saturated heterocycles. The average molecular weight is 390 g/mol. The number of nitrogens with two attached hydrogens (primary N) is 1. The molecule has 9 nitrogen and oxygen atoms in total. The molecule has 0 amide bonds. The molecule has 2 N–H and O–H groups in total. The van der Waals surface area contributed by atoms with Crippen LogP contribution < -0.4 is 5.73 Å². The van der Waals surface area contributed by atoms with Gasteiger partial charge in [-0.05, 0) is 24.1 Å². The monoisotopic (exact) mass is 390 g/mol. The SMILES string of the molecule is Nc1cc(-c2cncnc2[C@H]2CCN(S(=O)(=O)N3CCOCC3)C2)ccn1. The van der Waals surface area contributed by atoms with E-state index in [9.17, 15) is 8.42 Å². The molecule has 0 saturated carbocycles. The van der Waals surface area contributed by atoms with Crippen LogP contribution in [-0.4, -0.2) is 71.4 Å². The maximum Gasteiger partial charge on any atom is 0.282 e. The lowest BCUT2D eigenvalue weighted by molar-refractivity contribution is 0.0705. The highest BCUT2D eigenvalue weighted by atomic mass is 32.2. The molecule has 0 unspecified atom stereocenters. The Bertz CT molecular complexity index is 916. The third kappa shape index (κ3) is 3.65. The van der Waals surface area contributed by atoms with Crippen molar-refractivity contribution in [3.63, 3.8) is 0 Å². The van der Waals surface area contributed by atoms with Crippen molar-refractivity contribution in [3.05, 3.63) is 36.5 Å². The van der Waals surface area contributed by atoms with Gasteiger partial charge in [0.05, 0.1) is 18.9 Å². The quantitative estimate of drug-likeness (QED) is 0.808. The summed E-state index contributed by atoms with van der Waals surface area (Å²) in [5.74, 6) is 0.429. The molecule has 4 heterocycles. The molecule has 2 aromatic heterocycles. The van der Waals surface area contributed by atoms with E-state index < -0.39 is 10.2 Å². The minimum absolute atomic E-state index is 0.00760. The van der Waals surface area contributed by atoms with E-state index >= 15 is 0 Å². The molecule has 1 atom stereocenters. The van der Waals surface area contributed by atoms with Gasteiger partial charge in [0.2, 0.25) is 0 Å². The minimum atomic E-state index is -3.47. The van der Waals surface area contributed by atoms with Crippen LogP contribution in [0.2, 0.25) is 0 Å². The Balaban J connectivity index is 1.58. The van der Waals surface area contributed by atoms with Gasteiger partial charge in [-0.15, -0.1) is 0 Å². The average Bonchev–Trinajstić information content (AvgIpc) is 3.20. The summed E-state index contributed by atoms with van der Waals surface area (Å²) in [6.07, 6.45) is 5.61. The molecule has 0 aromatic carbocycles. The topological polar surface area (TPSA) is 115 Å². The lowest BCUT2D eigenvalue weighted by Crippen LogP contribution is -2.47. The summed E-state index contributed by atoms with van der Waals surface area (Å²) in [6.45, 7) is 2.57. The molecule has 2 aromatic rings. The van der Waals surface area contributed by atoms with Crippen molar-refractivity contribution < 1.29 is 13.2 Å². The Morgan fingerprint density at radius 1 is 1.15 bits per heavy atom. The summed E-state index contributed by atoms with van der Waals surface area (Å²) in [5, 5.41) is 0. The molecule has 2 aliphatic rings. The van der Waals surface area contributed by atoms with Crippen LogP contribution in [0.5, 0.6) is 0 Å². The summed E-state index contributed by atoms with van der Waals surface area (Å²) in [7, 11) is -3.47. The Labute approximate surface area is 158 Å². The van der Waals surface area contributed by atoms with Crippen molar-refractivity contribution in [2.75, 3.05) is 45.1 Å². The van der Waals surface area contributed by atoms with Gasteiger partial charge in [0, 0.05) is 50.1 Å². The number of ether oxygens (including phenoxy) is 1. The first kappa shape index (κ1) is 18.2. The summed E-state index contributed by atoms with van der Waals surface area (Å²) in [5.41, 5.74) is 8.39. The molecular weight excluding hydrogens is 368 g/mol. The van der Waals surface area contributed by atoms with E-state index in [0.29, 0.717) is 51.6 Å². The fourth-order valence-corrected chi connectivity index (χ4v) is 5.25. The predicted octanol–water partition coefficient (Wildman–Crippen LogP) is 0.487. The van der Waals surface area contributed by atoms with E-state index in [1.165, 1.54) is 10.6 Å². The molecule has 0 spiro atoms. The molecule has 4 rings (SSSR count). The standard InChI is InChI=1S/C17H22N6O3S/c18-16-9-13(1-3-20-16)15-10-19-12-21-17(15)14-2-4-23(11-14)27(24,25)22-5-7-26-8-6-22/h1,3,9-10,12,14H,2,4-8,11H2,(H2,18,20)/t14-/m0/s1. The Kier molecular flexibility index (Phi) is 5.04. The highest BCUT2D eigenvalue weighted by Gasteiger charge is 2.37. The van der Waals surface area contributed by atoms with Gasteiger partial charge < -0.3 is 10.5 Å². The molecule has 0 bridgehead atoms. The van der Waals surface area contributed by atoms with E-state index in [4.69, 9.17) is 10.5 Å². The van der Waals surface area contributed by atoms with Crippen LogP contribution in [0.25, 0.3) is 11.1 Å². The molecular formula is C17H22N6O3S. The highest BCUT2D eigenvalue weighted by molar-refractivity contribution is 7.86. The van der Waals surface area contributed by atoms with Crippen molar-refractivity contribution in [3.8, 4) is 11.1 Å². The van der Waals surface area contributed by atoms with Crippen LogP contribution in [-0.2, 0) is 14.9 Å². The van der Waals surface area contributed by atoms with Gasteiger partial charge in [-0.3, -0.25) is 0 Å². The molecule has 10 heteroatoms. The predicted molar refractivity (Wildman–Crippen MR) is 99.9 cm³/mol. The van der Waals surface area contributed by atoms with Gasteiger partial charge in [0.25, 0.3) is 10.2 Å². The van der Waals surface area contributed by atoms with Crippen LogP contribution in [0, 0.1) is 0 Å². The van der Waals surface area contributed by atoms with Crippen LogP contribution in [0.4, 0.5) is 5.82 Å². The molecule has 0 radical (unpaired) electrons. The van der Waals surface area contributed by atoms with Gasteiger partial charge in [-0.2, -0.15) is 17.0 Å². The number of pyridine rings is 1.